The minimum Gasteiger partial charge on any atom is -0.395 e. The molecule has 0 saturated heterocycles. The average Bonchev–Trinajstić information content (AvgIpc) is 2.72. The van der Waals surface area contributed by atoms with Gasteiger partial charge < -0.3 is 14.8 Å². The molecule has 2 aliphatic rings. The Kier molecular flexibility index (Phi) is 3.47. The zero-order chi connectivity index (χ0) is 15.1. The van der Waals surface area contributed by atoms with Gasteiger partial charge in [0.15, 0.2) is 16.7 Å². The number of ether oxygens (including phenoxy) is 2. The SMILES string of the molecule is CCC1(C)CCSC(Nc2ccc3c(c2)OC(F)(F)O3)=N1. The maximum absolute atomic E-state index is 13.0. The van der Waals surface area contributed by atoms with Crippen LogP contribution in [0.5, 0.6) is 11.5 Å². The maximum atomic E-state index is 13.0. The molecule has 0 saturated carbocycles. The highest BCUT2D eigenvalue weighted by atomic mass is 32.2. The summed E-state index contributed by atoms with van der Waals surface area (Å²) in [6.45, 7) is 4.23. The lowest BCUT2D eigenvalue weighted by Crippen LogP contribution is -2.29. The number of hydrogen-bond donors (Lipinski definition) is 1. The van der Waals surface area contributed by atoms with Crippen molar-refractivity contribution >= 4 is 22.6 Å². The largest absolute Gasteiger partial charge is 0.586 e. The standard InChI is InChI=1S/C14H16F2N2O2S/c1-3-13(2)6-7-21-12(18-13)17-9-4-5-10-11(8-9)20-14(15,16)19-10/h4-5,8H,3,6-7H2,1-2H3,(H,17,18). The van der Waals surface area contributed by atoms with E-state index in [4.69, 9.17) is 4.99 Å². The molecule has 1 aromatic rings. The Morgan fingerprint density at radius 2 is 2.10 bits per heavy atom. The van der Waals surface area contributed by atoms with Crippen LogP contribution in [0.3, 0.4) is 0 Å². The van der Waals surface area contributed by atoms with Crippen molar-refractivity contribution in [1.29, 1.82) is 0 Å². The van der Waals surface area contributed by atoms with Gasteiger partial charge in [-0.3, -0.25) is 4.99 Å². The molecular formula is C14H16F2N2O2S. The molecular weight excluding hydrogens is 298 g/mol. The van der Waals surface area contributed by atoms with Crippen molar-refractivity contribution in [3.8, 4) is 11.5 Å². The van der Waals surface area contributed by atoms with Crippen molar-refractivity contribution in [2.45, 2.75) is 38.5 Å². The third kappa shape index (κ3) is 3.07. The van der Waals surface area contributed by atoms with Gasteiger partial charge in [-0.15, -0.1) is 8.78 Å². The quantitative estimate of drug-likeness (QED) is 0.893. The Morgan fingerprint density at radius 3 is 2.86 bits per heavy atom. The summed E-state index contributed by atoms with van der Waals surface area (Å²) in [5.41, 5.74) is 0.596. The normalized spacial score (nSPS) is 26.4. The molecule has 0 aliphatic carbocycles. The Hall–Kier alpha value is -1.50. The van der Waals surface area contributed by atoms with E-state index >= 15 is 0 Å². The maximum Gasteiger partial charge on any atom is 0.586 e. The van der Waals surface area contributed by atoms with E-state index in [9.17, 15) is 8.78 Å². The smallest absolute Gasteiger partial charge is 0.395 e. The van der Waals surface area contributed by atoms with E-state index in [0.29, 0.717) is 5.69 Å². The topological polar surface area (TPSA) is 42.8 Å². The molecule has 0 aromatic heterocycles. The Morgan fingerprint density at radius 1 is 1.33 bits per heavy atom. The summed E-state index contributed by atoms with van der Waals surface area (Å²) in [7, 11) is 0. The molecule has 114 valence electrons. The zero-order valence-electron chi connectivity index (χ0n) is 11.8. The van der Waals surface area contributed by atoms with Crippen molar-refractivity contribution in [1.82, 2.24) is 0 Å². The van der Waals surface area contributed by atoms with Crippen LogP contribution in [0.2, 0.25) is 0 Å². The van der Waals surface area contributed by atoms with E-state index in [0.717, 1.165) is 23.8 Å². The number of rotatable bonds is 2. The second kappa shape index (κ2) is 5.05. The summed E-state index contributed by atoms with van der Waals surface area (Å²) in [5, 5.41) is 3.96. The third-order valence-electron chi connectivity index (χ3n) is 3.67. The third-order valence-corrected chi connectivity index (χ3v) is 4.54. The van der Waals surface area contributed by atoms with Gasteiger partial charge in [0.05, 0.1) is 5.54 Å². The number of thioether (sulfide) groups is 1. The molecule has 0 fully saturated rings. The van der Waals surface area contributed by atoms with Crippen LogP contribution in [0.1, 0.15) is 26.7 Å². The molecule has 0 radical (unpaired) electrons. The molecule has 7 heteroatoms. The van der Waals surface area contributed by atoms with Gasteiger partial charge in [0.1, 0.15) is 0 Å². The highest BCUT2D eigenvalue weighted by molar-refractivity contribution is 8.14. The molecule has 1 unspecified atom stereocenters. The number of nitrogens with zero attached hydrogens (tertiary/aromatic N) is 1. The van der Waals surface area contributed by atoms with Gasteiger partial charge >= 0.3 is 6.29 Å². The minimum absolute atomic E-state index is 0.0321. The van der Waals surface area contributed by atoms with Crippen LogP contribution in [0.15, 0.2) is 23.2 Å². The average molecular weight is 314 g/mol. The molecule has 4 nitrogen and oxygen atoms in total. The van der Waals surface area contributed by atoms with E-state index in [1.165, 1.54) is 12.1 Å². The first-order chi connectivity index (χ1) is 9.89. The van der Waals surface area contributed by atoms with Gasteiger partial charge in [-0.25, -0.2) is 0 Å². The summed E-state index contributed by atoms with van der Waals surface area (Å²) < 4.78 is 34.8. The summed E-state index contributed by atoms with van der Waals surface area (Å²) in [6, 6.07) is 4.63. The molecule has 2 aliphatic heterocycles. The number of alkyl halides is 2. The second-order valence-corrected chi connectivity index (χ2v) is 6.40. The zero-order valence-corrected chi connectivity index (χ0v) is 12.6. The molecule has 1 atom stereocenters. The number of fused-ring (bicyclic) bond motifs is 1. The lowest BCUT2D eigenvalue weighted by Gasteiger charge is -2.29. The van der Waals surface area contributed by atoms with Gasteiger partial charge in [-0.05, 0) is 31.9 Å². The van der Waals surface area contributed by atoms with Gasteiger partial charge in [0, 0.05) is 17.5 Å². The number of anilines is 1. The lowest BCUT2D eigenvalue weighted by atomic mass is 9.97. The predicted octanol–water partition coefficient (Wildman–Crippen LogP) is 4.08. The first-order valence-electron chi connectivity index (χ1n) is 6.79. The minimum atomic E-state index is -3.58. The van der Waals surface area contributed by atoms with Crippen LogP contribution >= 0.6 is 11.8 Å². The molecule has 2 heterocycles. The highest BCUT2D eigenvalue weighted by Gasteiger charge is 2.43. The van der Waals surface area contributed by atoms with Crippen LogP contribution in [0.25, 0.3) is 0 Å². The molecule has 3 rings (SSSR count). The summed E-state index contributed by atoms with van der Waals surface area (Å²) in [5.74, 6) is 1.06. The summed E-state index contributed by atoms with van der Waals surface area (Å²) in [6.07, 6.45) is -1.59. The van der Waals surface area contributed by atoms with E-state index in [-0.39, 0.29) is 17.0 Å². The molecule has 0 bridgehead atoms. The summed E-state index contributed by atoms with van der Waals surface area (Å²) >= 11 is 1.63. The van der Waals surface area contributed by atoms with Crippen LogP contribution in [0.4, 0.5) is 14.5 Å². The van der Waals surface area contributed by atoms with Crippen molar-refractivity contribution in [3.63, 3.8) is 0 Å². The van der Waals surface area contributed by atoms with E-state index in [1.807, 2.05) is 0 Å². The molecule has 1 N–H and O–H groups in total. The van der Waals surface area contributed by atoms with Crippen LogP contribution in [0, 0.1) is 0 Å². The van der Waals surface area contributed by atoms with Gasteiger partial charge in [0.25, 0.3) is 0 Å². The van der Waals surface area contributed by atoms with Gasteiger partial charge in [0.2, 0.25) is 0 Å². The molecule has 0 spiro atoms. The number of amidine groups is 1. The van der Waals surface area contributed by atoms with E-state index in [1.54, 1.807) is 17.8 Å². The first kappa shape index (κ1) is 14.4. The fourth-order valence-electron chi connectivity index (χ4n) is 2.17. The number of halogens is 2. The van der Waals surface area contributed by atoms with Crippen LogP contribution < -0.4 is 14.8 Å². The second-order valence-electron chi connectivity index (χ2n) is 5.32. The Bertz CT molecular complexity index is 594. The first-order valence-corrected chi connectivity index (χ1v) is 7.77. The van der Waals surface area contributed by atoms with Crippen LogP contribution in [-0.4, -0.2) is 22.8 Å². The fourth-order valence-corrected chi connectivity index (χ4v) is 3.38. The molecule has 1 aromatic carbocycles. The van der Waals surface area contributed by atoms with Crippen LogP contribution in [-0.2, 0) is 0 Å². The molecule has 0 amide bonds. The van der Waals surface area contributed by atoms with Crippen molar-refractivity contribution < 1.29 is 18.3 Å². The fraction of sp³-hybridized carbons (Fsp3) is 0.500. The number of aliphatic imine (C=N–C) groups is 1. The van der Waals surface area contributed by atoms with E-state index in [2.05, 4.69) is 28.6 Å². The lowest BCUT2D eigenvalue weighted by molar-refractivity contribution is -0.286. The Balaban J connectivity index is 1.78. The van der Waals surface area contributed by atoms with Gasteiger partial charge in [-0.2, -0.15) is 0 Å². The van der Waals surface area contributed by atoms with Crippen molar-refractivity contribution in [2.24, 2.45) is 4.99 Å². The van der Waals surface area contributed by atoms with Gasteiger partial charge in [-0.1, -0.05) is 18.7 Å². The monoisotopic (exact) mass is 314 g/mol. The van der Waals surface area contributed by atoms with Crippen molar-refractivity contribution in [2.75, 3.05) is 11.1 Å². The highest BCUT2D eigenvalue weighted by Crippen LogP contribution is 2.42. The van der Waals surface area contributed by atoms with E-state index < -0.39 is 6.29 Å². The summed E-state index contributed by atoms with van der Waals surface area (Å²) in [4.78, 5) is 4.70. The number of hydrogen-bond acceptors (Lipinski definition) is 5. The van der Waals surface area contributed by atoms with Crippen molar-refractivity contribution in [3.05, 3.63) is 18.2 Å². The molecule has 21 heavy (non-hydrogen) atoms. The Labute approximate surface area is 125 Å². The number of nitrogens with one attached hydrogen (secondary N) is 1. The number of benzene rings is 1. The predicted molar refractivity (Wildman–Crippen MR) is 79.5 cm³/mol.